The van der Waals surface area contributed by atoms with Crippen LogP contribution in [0.5, 0.6) is 5.88 Å². The molecule has 0 bridgehead atoms. The molecule has 0 N–H and O–H groups in total. The highest BCUT2D eigenvalue weighted by Gasteiger charge is 2.33. The lowest BCUT2D eigenvalue weighted by Gasteiger charge is -2.35. The molecule has 2 aromatic heterocycles. The van der Waals surface area contributed by atoms with Crippen LogP contribution in [-0.4, -0.2) is 59.0 Å². The second kappa shape index (κ2) is 10.6. The van der Waals surface area contributed by atoms with Crippen molar-refractivity contribution >= 4 is 27.6 Å². The Balaban J connectivity index is 1.41. The van der Waals surface area contributed by atoms with E-state index in [2.05, 4.69) is 9.97 Å². The van der Waals surface area contributed by atoms with Crippen molar-refractivity contribution in [2.45, 2.75) is 89.9 Å². The van der Waals surface area contributed by atoms with Crippen LogP contribution in [0.1, 0.15) is 76.2 Å². The van der Waals surface area contributed by atoms with E-state index in [1.165, 1.54) is 10.4 Å². The van der Waals surface area contributed by atoms with Gasteiger partial charge in [0.05, 0.1) is 18.6 Å². The number of hydrogen-bond donors (Lipinski definition) is 0. The highest BCUT2D eigenvalue weighted by molar-refractivity contribution is 7.19. The maximum atomic E-state index is 12.4. The van der Waals surface area contributed by atoms with E-state index in [0.29, 0.717) is 25.0 Å². The van der Waals surface area contributed by atoms with Gasteiger partial charge in [-0.1, -0.05) is 12.2 Å². The summed E-state index contributed by atoms with van der Waals surface area (Å²) in [6, 6.07) is 0.171. The molecule has 0 spiro atoms. The quantitative estimate of drug-likeness (QED) is 0.359. The summed E-state index contributed by atoms with van der Waals surface area (Å²) in [5, 5.41) is 1.08. The van der Waals surface area contributed by atoms with E-state index in [0.717, 1.165) is 48.7 Å². The van der Waals surface area contributed by atoms with Crippen molar-refractivity contribution in [1.29, 1.82) is 0 Å². The number of thiophene rings is 1. The zero-order valence-corrected chi connectivity index (χ0v) is 21.8. The monoisotopic (exact) mass is 487 g/mol. The number of nitrogens with zero attached hydrogens (tertiary/aromatic N) is 3. The van der Waals surface area contributed by atoms with E-state index in [4.69, 9.17) is 14.2 Å². The zero-order valence-electron chi connectivity index (χ0n) is 21.0. The molecule has 2 heterocycles. The molecule has 1 amide bonds. The second-order valence-corrected chi connectivity index (χ2v) is 11.4. The standard InChI is InChI=1S/C26H37N3O4S/c1-6-7-14-31-15-17-8-13-20-21(17)22-23(27-16-28-24(22)34-20)32-19-11-9-18(10-12-19)29(5)25(30)33-26(2,3)4/h6-7,16-19H,8-15H2,1-5H3. The largest absolute Gasteiger partial charge is 0.474 e. The Morgan fingerprint density at radius 2 is 1.97 bits per heavy atom. The first-order chi connectivity index (χ1) is 16.3. The number of aromatic nitrogens is 2. The maximum absolute atomic E-state index is 12.4. The molecule has 1 unspecified atom stereocenters. The summed E-state index contributed by atoms with van der Waals surface area (Å²) in [6.45, 7) is 9.04. The molecular weight excluding hydrogens is 450 g/mol. The zero-order chi connectivity index (χ0) is 24.3. The number of fused-ring (bicyclic) bond motifs is 3. The highest BCUT2D eigenvalue weighted by atomic mass is 32.1. The van der Waals surface area contributed by atoms with Crippen molar-refractivity contribution in [2.24, 2.45) is 0 Å². The van der Waals surface area contributed by atoms with E-state index in [9.17, 15) is 4.79 Å². The fraction of sp³-hybridized carbons (Fsp3) is 0.654. The maximum Gasteiger partial charge on any atom is 0.410 e. The average molecular weight is 488 g/mol. The molecule has 2 aliphatic rings. The Morgan fingerprint density at radius 1 is 1.21 bits per heavy atom. The van der Waals surface area contributed by atoms with Crippen LogP contribution in [0.4, 0.5) is 4.79 Å². The summed E-state index contributed by atoms with van der Waals surface area (Å²) in [4.78, 5) is 25.7. The lowest BCUT2D eigenvalue weighted by Crippen LogP contribution is -2.43. The van der Waals surface area contributed by atoms with Gasteiger partial charge >= 0.3 is 6.09 Å². The van der Waals surface area contributed by atoms with Gasteiger partial charge in [-0.3, -0.25) is 0 Å². The van der Waals surface area contributed by atoms with Gasteiger partial charge in [0.1, 0.15) is 22.9 Å². The van der Waals surface area contributed by atoms with Crippen LogP contribution in [0, 0.1) is 0 Å². The molecular formula is C26H37N3O4S. The summed E-state index contributed by atoms with van der Waals surface area (Å²) in [5.41, 5.74) is 0.842. The third kappa shape index (κ3) is 5.71. The van der Waals surface area contributed by atoms with Crippen LogP contribution in [0.25, 0.3) is 10.2 Å². The third-order valence-electron chi connectivity index (χ3n) is 6.62. The number of carbonyl (C=O) groups excluding carboxylic acids is 1. The molecule has 34 heavy (non-hydrogen) atoms. The molecule has 0 radical (unpaired) electrons. The molecule has 1 saturated carbocycles. The number of rotatable bonds is 7. The van der Waals surface area contributed by atoms with Gasteiger partial charge in [0.15, 0.2) is 0 Å². The van der Waals surface area contributed by atoms with Gasteiger partial charge in [-0.2, -0.15) is 0 Å². The highest BCUT2D eigenvalue weighted by Crippen LogP contribution is 2.46. The summed E-state index contributed by atoms with van der Waals surface area (Å²) in [6.07, 6.45) is 11.2. The van der Waals surface area contributed by atoms with Crippen molar-refractivity contribution in [1.82, 2.24) is 14.9 Å². The second-order valence-electron chi connectivity index (χ2n) is 10.3. The predicted molar refractivity (Wildman–Crippen MR) is 135 cm³/mol. The molecule has 0 aromatic carbocycles. The topological polar surface area (TPSA) is 73.8 Å². The van der Waals surface area contributed by atoms with Crippen molar-refractivity contribution < 1.29 is 19.0 Å². The van der Waals surface area contributed by atoms with Gasteiger partial charge in [-0.05, 0) is 71.8 Å². The first-order valence-electron chi connectivity index (χ1n) is 12.3. The SMILES string of the molecule is CC=CCOCC1CCc2sc3ncnc(OC4CCC(N(C)C(=O)OC(C)(C)C)CC4)c3c21. The number of ether oxygens (including phenoxy) is 3. The van der Waals surface area contributed by atoms with Crippen LogP contribution in [0.2, 0.25) is 0 Å². The number of amides is 1. The lowest BCUT2D eigenvalue weighted by molar-refractivity contribution is 0.0137. The summed E-state index contributed by atoms with van der Waals surface area (Å²) >= 11 is 1.76. The van der Waals surface area contributed by atoms with Crippen LogP contribution >= 0.6 is 11.3 Å². The lowest BCUT2D eigenvalue weighted by atomic mass is 9.92. The summed E-state index contributed by atoms with van der Waals surface area (Å²) in [7, 11) is 1.83. The van der Waals surface area contributed by atoms with Gasteiger partial charge in [-0.15, -0.1) is 11.3 Å². The van der Waals surface area contributed by atoms with E-state index in [1.807, 2.05) is 46.9 Å². The molecule has 7 nitrogen and oxygen atoms in total. The Morgan fingerprint density at radius 3 is 2.68 bits per heavy atom. The Kier molecular flexibility index (Phi) is 7.77. The van der Waals surface area contributed by atoms with Crippen LogP contribution in [0.15, 0.2) is 18.5 Å². The van der Waals surface area contributed by atoms with Gasteiger partial charge in [0.25, 0.3) is 0 Å². The minimum Gasteiger partial charge on any atom is -0.474 e. The number of aryl methyl sites for hydroxylation is 1. The average Bonchev–Trinajstić information content (AvgIpc) is 3.35. The van der Waals surface area contributed by atoms with Gasteiger partial charge in [0, 0.05) is 23.9 Å². The number of allylic oxidation sites excluding steroid dienone is 1. The van der Waals surface area contributed by atoms with E-state index in [1.54, 1.807) is 22.6 Å². The molecule has 0 aliphatic heterocycles. The molecule has 2 aliphatic carbocycles. The Hall–Kier alpha value is -2.19. The molecule has 2 aromatic rings. The normalized spacial score (nSPS) is 22.8. The molecule has 1 atom stereocenters. The minimum atomic E-state index is -0.486. The smallest absolute Gasteiger partial charge is 0.410 e. The Labute approximate surface area is 206 Å². The molecule has 1 fully saturated rings. The van der Waals surface area contributed by atoms with E-state index < -0.39 is 5.60 Å². The first-order valence-corrected chi connectivity index (χ1v) is 13.2. The fourth-order valence-electron chi connectivity index (χ4n) is 4.86. The van der Waals surface area contributed by atoms with Gasteiger partial charge in [0.2, 0.25) is 5.88 Å². The first kappa shape index (κ1) is 24.9. The molecule has 0 saturated heterocycles. The number of carbonyl (C=O) groups is 1. The number of hydrogen-bond acceptors (Lipinski definition) is 7. The van der Waals surface area contributed by atoms with Crippen LogP contribution in [0.3, 0.4) is 0 Å². The van der Waals surface area contributed by atoms with Crippen LogP contribution < -0.4 is 4.74 Å². The van der Waals surface area contributed by atoms with Gasteiger partial charge < -0.3 is 19.1 Å². The van der Waals surface area contributed by atoms with Crippen molar-refractivity contribution in [3.05, 3.63) is 28.9 Å². The van der Waals surface area contributed by atoms with Gasteiger partial charge in [-0.25, -0.2) is 14.8 Å². The Bertz CT molecular complexity index is 1020. The van der Waals surface area contributed by atoms with Crippen molar-refractivity contribution in [3.8, 4) is 5.88 Å². The molecule has 4 rings (SSSR count). The van der Waals surface area contributed by atoms with E-state index in [-0.39, 0.29) is 18.2 Å². The van der Waals surface area contributed by atoms with Crippen LogP contribution in [-0.2, 0) is 15.9 Å². The molecule has 8 heteroatoms. The third-order valence-corrected chi connectivity index (χ3v) is 7.79. The van der Waals surface area contributed by atoms with Crippen molar-refractivity contribution in [2.75, 3.05) is 20.3 Å². The fourth-order valence-corrected chi connectivity index (χ4v) is 6.09. The van der Waals surface area contributed by atoms with E-state index >= 15 is 0 Å². The molecule has 186 valence electrons. The summed E-state index contributed by atoms with van der Waals surface area (Å²) < 4.78 is 17.9. The van der Waals surface area contributed by atoms with Crippen molar-refractivity contribution in [3.63, 3.8) is 0 Å². The summed E-state index contributed by atoms with van der Waals surface area (Å²) in [5.74, 6) is 1.06. The predicted octanol–water partition coefficient (Wildman–Crippen LogP) is 5.87. The minimum absolute atomic E-state index is 0.0859.